The molecule has 0 radical (unpaired) electrons. The van der Waals surface area contributed by atoms with Crippen LogP contribution in [0.15, 0.2) is 24.3 Å². The summed E-state index contributed by atoms with van der Waals surface area (Å²) in [7, 11) is 0. The normalized spacial score (nSPS) is 16.6. The molecule has 1 atom stereocenters. The number of nitriles is 1. The molecule has 1 saturated heterocycles. The summed E-state index contributed by atoms with van der Waals surface area (Å²) in [6.45, 7) is 2.92. The minimum absolute atomic E-state index is 0. The Kier molecular flexibility index (Phi) is 9.55. The van der Waals surface area contributed by atoms with Gasteiger partial charge in [-0.25, -0.2) is 0 Å². The third kappa shape index (κ3) is 6.56. The van der Waals surface area contributed by atoms with E-state index in [4.69, 9.17) is 0 Å². The molecule has 0 spiro atoms. The lowest BCUT2D eigenvalue weighted by Gasteiger charge is -2.35. The second-order valence-electron chi connectivity index (χ2n) is 5.15. The first-order valence-electron chi connectivity index (χ1n) is 7.02. The molecule has 8 heteroatoms. The van der Waals surface area contributed by atoms with Crippen LogP contribution < -0.4 is 5.32 Å². The van der Waals surface area contributed by atoms with Crippen LogP contribution in [-0.2, 0) is 0 Å². The van der Waals surface area contributed by atoms with E-state index in [1.54, 1.807) is 24.3 Å². The maximum atomic E-state index is 12.6. The first kappa shape index (κ1) is 22.0. The minimum Gasteiger partial charge on any atom is -0.314 e. The quantitative estimate of drug-likeness (QED) is 0.879. The summed E-state index contributed by atoms with van der Waals surface area (Å²) in [5, 5.41) is 12.4. The van der Waals surface area contributed by atoms with E-state index in [0.29, 0.717) is 24.2 Å². The maximum absolute atomic E-state index is 12.6. The summed E-state index contributed by atoms with van der Waals surface area (Å²) >= 11 is 0. The van der Waals surface area contributed by atoms with E-state index in [2.05, 4.69) is 11.4 Å². The Hall–Kier alpha value is -1.00. The predicted octanol–water partition coefficient (Wildman–Crippen LogP) is 3.69. The van der Waals surface area contributed by atoms with Gasteiger partial charge in [0.25, 0.3) is 0 Å². The molecule has 0 aliphatic carbocycles. The first-order valence-corrected chi connectivity index (χ1v) is 7.02. The van der Waals surface area contributed by atoms with Gasteiger partial charge in [0.1, 0.15) is 0 Å². The Morgan fingerprint density at radius 3 is 2.35 bits per heavy atom. The average molecular weight is 370 g/mol. The smallest absolute Gasteiger partial charge is 0.314 e. The summed E-state index contributed by atoms with van der Waals surface area (Å²) in [6.07, 6.45) is -5.02. The van der Waals surface area contributed by atoms with Crippen LogP contribution >= 0.6 is 24.8 Å². The summed E-state index contributed by atoms with van der Waals surface area (Å²) in [5.41, 5.74) is 1.16. The number of rotatable bonds is 4. The van der Waals surface area contributed by atoms with Gasteiger partial charge in [-0.3, -0.25) is 4.90 Å². The van der Waals surface area contributed by atoms with Crippen molar-refractivity contribution in [2.45, 2.75) is 25.1 Å². The van der Waals surface area contributed by atoms with Gasteiger partial charge in [-0.05, 0) is 18.1 Å². The van der Waals surface area contributed by atoms with Crippen molar-refractivity contribution in [3.63, 3.8) is 0 Å². The van der Waals surface area contributed by atoms with Crippen LogP contribution in [0.1, 0.15) is 30.0 Å². The SMILES string of the molecule is Cl.Cl.N#Cc1ccccc1[C@H](CCC(F)(F)F)N1CCNCC1. The van der Waals surface area contributed by atoms with Crippen LogP contribution in [0.5, 0.6) is 0 Å². The van der Waals surface area contributed by atoms with Gasteiger partial charge in [0, 0.05) is 38.6 Å². The number of nitrogens with zero attached hydrogens (tertiary/aromatic N) is 2. The minimum atomic E-state index is -4.17. The zero-order valence-electron chi connectivity index (χ0n) is 12.5. The molecular formula is C15H20Cl2F3N3. The highest BCUT2D eigenvalue weighted by Gasteiger charge is 2.32. The lowest BCUT2D eigenvalue weighted by atomic mass is 9.95. The fraction of sp³-hybridized carbons (Fsp3) is 0.533. The Morgan fingerprint density at radius 2 is 1.78 bits per heavy atom. The van der Waals surface area contributed by atoms with Gasteiger partial charge in [-0.1, -0.05) is 18.2 Å². The van der Waals surface area contributed by atoms with Crippen molar-refractivity contribution in [2.24, 2.45) is 0 Å². The monoisotopic (exact) mass is 369 g/mol. The second-order valence-corrected chi connectivity index (χ2v) is 5.15. The molecule has 1 aliphatic rings. The van der Waals surface area contributed by atoms with E-state index in [9.17, 15) is 18.4 Å². The molecule has 1 heterocycles. The van der Waals surface area contributed by atoms with Gasteiger partial charge in [-0.15, -0.1) is 24.8 Å². The average Bonchev–Trinajstić information content (AvgIpc) is 2.48. The van der Waals surface area contributed by atoms with Crippen LogP contribution in [0.25, 0.3) is 0 Å². The fourth-order valence-electron chi connectivity index (χ4n) is 2.72. The molecular weight excluding hydrogens is 350 g/mol. The van der Waals surface area contributed by atoms with E-state index in [1.165, 1.54) is 0 Å². The topological polar surface area (TPSA) is 39.1 Å². The standard InChI is InChI=1S/C15H18F3N3.2ClH/c16-15(17,18)6-5-14(21-9-7-20-8-10-21)13-4-2-1-3-12(13)11-19;;/h1-4,14,20H,5-10H2;2*1H/t14-;;/m0../s1. The maximum Gasteiger partial charge on any atom is 0.389 e. The van der Waals surface area contributed by atoms with E-state index >= 15 is 0 Å². The van der Waals surface area contributed by atoms with Crippen molar-refractivity contribution < 1.29 is 13.2 Å². The van der Waals surface area contributed by atoms with Crippen molar-refractivity contribution in [3.8, 4) is 6.07 Å². The molecule has 1 N–H and O–H groups in total. The highest BCUT2D eigenvalue weighted by molar-refractivity contribution is 5.85. The van der Waals surface area contributed by atoms with Crippen molar-refractivity contribution >= 4 is 24.8 Å². The third-order valence-corrected chi connectivity index (χ3v) is 3.73. The van der Waals surface area contributed by atoms with Crippen molar-refractivity contribution in [1.29, 1.82) is 5.26 Å². The Bertz CT molecular complexity index is 511. The number of piperazine rings is 1. The van der Waals surface area contributed by atoms with Gasteiger partial charge in [0.15, 0.2) is 0 Å². The molecule has 1 aromatic rings. The fourth-order valence-corrected chi connectivity index (χ4v) is 2.72. The van der Waals surface area contributed by atoms with Crippen LogP contribution in [-0.4, -0.2) is 37.3 Å². The molecule has 3 nitrogen and oxygen atoms in total. The van der Waals surface area contributed by atoms with Gasteiger partial charge >= 0.3 is 6.18 Å². The zero-order valence-corrected chi connectivity index (χ0v) is 14.1. The molecule has 0 aromatic heterocycles. The van der Waals surface area contributed by atoms with E-state index in [1.807, 2.05) is 4.90 Å². The molecule has 0 amide bonds. The number of hydrogen-bond donors (Lipinski definition) is 1. The Balaban J connectivity index is 0.00000242. The van der Waals surface area contributed by atoms with E-state index in [-0.39, 0.29) is 37.3 Å². The molecule has 0 unspecified atom stereocenters. The summed E-state index contributed by atoms with van der Waals surface area (Å²) in [4.78, 5) is 2.04. The van der Waals surface area contributed by atoms with E-state index in [0.717, 1.165) is 13.1 Å². The molecule has 0 bridgehead atoms. The summed E-state index contributed by atoms with van der Waals surface area (Å²) < 4.78 is 37.8. The predicted molar refractivity (Wildman–Crippen MR) is 88.1 cm³/mol. The van der Waals surface area contributed by atoms with Crippen molar-refractivity contribution in [2.75, 3.05) is 26.2 Å². The molecule has 1 aromatic carbocycles. The van der Waals surface area contributed by atoms with Gasteiger partial charge in [-0.2, -0.15) is 18.4 Å². The Labute approximate surface area is 146 Å². The van der Waals surface area contributed by atoms with Crippen LogP contribution in [0.2, 0.25) is 0 Å². The van der Waals surface area contributed by atoms with Gasteiger partial charge in [0.2, 0.25) is 0 Å². The number of halogens is 5. The lowest BCUT2D eigenvalue weighted by Crippen LogP contribution is -2.45. The van der Waals surface area contributed by atoms with Crippen molar-refractivity contribution in [1.82, 2.24) is 10.2 Å². The molecule has 23 heavy (non-hydrogen) atoms. The van der Waals surface area contributed by atoms with Crippen LogP contribution in [0, 0.1) is 11.3 Å². The summed E-state index contributed by atoms with van der Waals surface area (Å²) in [5.74, 6) is 0. The number of hydrogen-bond acceptors (Lipinski definition) is 3. The first-order chi connectivity index (χ1) is 10.0. The van der Waals surface area contributed by atoms with Crippen LogP contribution in [0.3, 0.4) is 0 Å². The zero-order chi connectivity index (χ0) is 15.3. The molecule has 0 saturated carbocycles. The number of nitrogens with one attached hydrogen (secondary N) is 1. The van der Waals surface area contributed by atoms with Gasteiger partial charge in [0.05, 0.1) is 11.6 Å². The largest absolute Gasteiger partial charge is 0.389 e. The third-order valence-electron chi connectivity index (χ3n) is 3.73. The summed E-state index contributed by atoms with van der Waals surface area (Å²) in [6, 6.07) is 8.68. The van der Waals surface area contributed by atoms with Crippen molar-refractivity contribution in [3.05, 3.63) is 35.4 Å². The molecule has 2 rings (SSSR count). The van der Waals surface area contributed by atoms with Gasteiger partial charge < -0.3 is 5.32 Å². The molecule has 1 aliphatic heterocycles. The molecule has 1 fully saturated rings. The van der Waals surface area contributed by atoms with Crippen LogP contribution in [0.4, 0.5) is 13.2 Å². The number of benzene rings is 1. The molecule has 130 valence electrons. The lowest BCUT2D eigenvalue weighted by molar-refractivity contribution is -0.138. The Morgan fingerprint density at radius 1 is 1.17 bits per heavy atom. The number of alkyl halides is 3. The second kappa shape index (κ2) is 9.99. The van der Waals surface area contributed by atoms with E-state index < -0.39 is 12.6 Å². The highest BCUT2D eigenvalue weighted by Crippen LogP contribution is 2.33. The highest BCUT2D eigenvalue weighted by atomic mass is 35.5.